The number of nitrogens with two attached hydrogens (primary N) is 1. The summed E-state index contributed by atoms with van der Waals surface area (Å²) in [6, 6.07) is 11.9. The number of carboxylic acid groups (broad SMARTS) is 5. The number of rotatable bonds is 14. The van der Waals surface area contributed by atoms with Gasteiger partial charge < -0.3 is 65.9 Å². The van der Waals surface area contributed by atoms with Gasteiger partial charge in [0.15, 0.2) is 15.8 Å². The normalized spacial score (nSPS) is 10.5. The topological polar surface area (TPSA) is 358 Å². The van der Waals surface area contributed by atoms with Crippen molar-refractivity contribution in [1.29, 1.82) is 0 Å². The third kappa shape index (κ3) is 16.1. The largest absolute Gasteiger partial charge is 1.00 e. The van der Waals surface area contributed by atoms with E-state index in [0.29, 0.717) is 9.24 Å². The van der Waals surface area contributed by atoms with Gasteiger partial charge in [-0.3, -0.25) is 0 Å². The number of carboxylic acids is 5. The number of nitrogen functional groups attached to an aromatic ring is 1. The van der Waals surface area contributed by atoms with E-state index in [1.807, 2.05) is 0 Å². The second kappa shape index (κ2) is 27.2. The van der Waals surface area contributed by atoms with Crippen LogP contribution in [0.2, 0.25) is 0 Å². The molecule has 0 atom stereocenters. The summed E-state index contributed by atoms with van der Waals surface area (Å²) in [5, 5.41) is 84.7. The first-order chi connectivity index (χ1) is 27.9. The Labute approximate surface area is 562 Å². The molecule has 4 N–H and O–H groups in total. The van der Waals surface area contributed by atoms with Gasteiger partial charge in [0.05, 0.1) is 35.5 Å². The van der Waals surface area contributed by atoms with Crippen molar-refractivity contribution in [1.82, 2.24) is 34.9 Å². The molecule has 0 saturated heterocycles. The third-order valence-electron chi connectivity index (χ3n) is 7.68. The molecule has 300 valence electrons. The molecule has 3 heterocycles. The van der Waals surface area contributed by atoms with Crippen LogP contribution in [-0.4, -0.2) is 64.8 Å². The van der Waals surface area contributed by atoms with Gasteiger partial charge in [0.2, 0.25) is 11.9 Å². The summed E-state index contributed by atoms with van der Waals surface area (Å²) in [5.41, 5.74) is 3.59. The van der Waals surface area contributed by atoms with Crippen LogP contribution in [0.15, 0.2) is 80.1 Å². The minimum atomic E-state index is -1.71. The minimum Gasteiger partial charge on any atom is -0.545 e. The molecule has 6 rings (SSSR count). The number of nitrogens with zero attached hydrogens (tertiary/aromatic N) is 9. The van der Waals surface area contributed by atoms with Crippen molar-refractivity contribution >= 4 is 92.9 Å². The van der Waals surface area contributed by atoms with E-state index in [1.165, 1.54) is 6.07 Å². The quantitative estimate of drug-likeness (QED) is 0.0674. The van der Waals surface area contributed by atoms with Crippen molar-refractivity contribution in [3.8, 4) is 5.95 Å². The van der Waals surface area contributed by atoms with Crippen molar-refractivity contribution < 1.29 is 285 Å². The van der Waals surface area contributed by atoms with Crippen LogP contribution in [0.3, 0.4) is 0 Å². The maximum Gasteiger partial charge on any atom is 1.00 e. The first-order valence-corrected chi connectivity index (χ1v) is 18.1. The molecule has 0 bridgehead atoms. The summed E-state index contributed by atoms with van der Waals surface area (Å²) < 4.78 is 1.38. The molecule has 0 aliphatic heterocycles. The van der Waals surface area contributed by atoms with Crippen molar-refractivity contribution in [3.05, 3.63) is 94.2 Å². The number of nitrogens with one attached hydrogen (secondary N) is 2. The zero-order valence-electron chi connectivity index (χ0n) is 35.3. The molecule has 3 aromatic carbocycles. The predicted molar refractivity (Wildman–Crippen MR) is 196 cm³/mol. The molecule has 0 amide bonds. The van der Waals surface area contributed by atoms with E-state index in [4.69, 9.17) is 5.73 Å². The number of carbonyl (C=O) groups is 5. The van der Waals surface area contributed by atoms with Crippen molar-refractivity contribution in [2.24, 2.45) is 10.2 Å². The zero-order valence-corrected chi connectivity index (χ0v) is 51.4. The molecule has 0 radical (unpaired) electrons. The summed E-state index contributed by atoms with van der Waals surface area (Å²) in [4.78, 5) is 71.4. The Morgan fingerprint density at radius 2 is 1.16 bits per heavy atom. The average Bonchev–Trinajstić information content (AvgIpc) is 3.76. The number of hydrogen-bond acceptors (Lipinski definition) is 23. The molecule has 29 heteroatoms. The maximum atomic E-state index is 11.7. The van der Waals surface area contributed by atoms with E-state index in [2.05, 4.69) is 51.1 Å². The van der Waals surface area contributed by atoms with Gasteiger partial charge in [-0.25, -0.2) is 0 Å². The second-order valence-corrected chi connectivity index (χ2v) is 15.2. The number of hydrogen-bond donors (Lipinski definition) is 3. The molecule has 0 saturated carbocycles. The average molecular weight is 1020 g/mol. The van der Waals surface area contributed by atoms with E-state index >= 15 is 0 Å². The third-order valence-corrected chi connectivity index (χ3v) is 9.61. The van der Waals surface area contributed by atoms with Crippen LogP contribution in [0.5, 0.6) is 0 Å². The van der Waals surface area contributed by atoms with Gasteiger partial charge in [-0.1, -0.05) is 62.1 Å². The van der Waals surface area contributed by atoms with Gasteiger partial charge in [0, 0.05) is 27.2 Å². The van der Waals surface area contributed by atoms with Crippen molar-refractivity contribution in [3.63, 3.8) is 0 Å². The fourth-order valence-corrected chi connectivity index (χ4v) is 6.81. The van der Waals surface area contributed by atoms with Gasteiger partial charge in [-0.05, 0) is 64.7 Å². The molecule has 3 aromatic heterocycles. The van der Waals surface area contributed by atoms with Crippen molar-refractivity contribution in [2.75, 3.05) is 16.4 Å². The van der Waals surface area contributed by atoms with Crippen LogP contribution in [0.4, 0.5) is 39.9 Å². The molecule has 6 aromatic rings. The number of anilines is 5. The van der Waals surface area contributed by atoms with E-state index in [9.17, 15) is 49.5 Å². The summed E-state index contributed by atoms with van der Waals surface area (Å²) in [5.74, 6) is -9.51. The van der Waals surface area contributed by atoms with E-state index in [0.717, 1.165) is 64.2 Å². The van der Waals surface area contributed by atoms with Crippen LogP contribution in [0.25, 0.3) is 5.95 Å². The molecule has 0 spiro atoms. The van der Waals surface area contributed by atoms with Gasteiger partial charge in [-0.15, -0.1) is 20.4 Å². The molecule has 64 heavy (non-hydrogen) atoms. The molecule has 0 aliphatic carbocycles. The molecule has 0 fully saturated rings. The second-order valence-electron chi connectivity index (χ2n) is 13.0. The first-order valence-electron chi connectivity index (χ1n) is 16.4. The number of azo groups is 1. The molecule has 22 nitrogen and oxygen atoms in total. The van der Waals surface area contributed by atoms with Crippen LogP contribution >= 0.6 is 23.1 Å². The van der Waals surface area contributed by atoms with Crippen LogP contribution in [0.1, 0.15) is 78.3 Å². The van der Waals surface area contributed by atoms with Gasteiger partial charge in [-0.2, -0.15) is 24.7 Å². The number of carbonyl (C=O) groups excluding carboxylic acids is 5. The molecular formula is C35H23K4N12NaO10S2. The summed E-state index contributed by atoms with van der Waals surface area (Å²) in [6.07, 6.45) is 0. The maximum absolute atomic E-state index is 11.7. The molecule has 0 aliphatic rings. The predicted octanol–water partition coefficient (Wildman–Crippen LogP) is -15.3. The Morgan fingerprint density at radius 3 is 1.59 bits per heavy atom. The number of aromatic nitrogens is 7. The Morgan fingerprint density at radius 1 is 0.688 bits per heavy atom. The van der Waals surface area contributed by atoms with E-state index < -0.39 is 57.5 Å². The number of benzene rings is 3. The summed E-state index contributed by atoms with van der Waals surface area (Å²) in [7, 11) is 0. The fraction of sp³-hybridized carbons (Fsp3) is 0.114. The Bertz CT molecular complexity index is 2600. The van der Waals surface area contributed by atoms with Gasteiger partial charge in [0.25, 0.3) is 11.1 Å². The Kier molecular flexibility index (Phi) is 26.2. The number of aromatic carboxylic acids is 5. The first kappa shape index (κ1) is 61.7. The van der Waals surface area contributed by atoms with Gasteiger partial charge >= 0.3 is 235 Å². The van der Waals surface area contributed by atoms with Crippen LogP contribution < -0.4 is 277 Å². The fourth-order valence-electron chi connectivity index (χ4n) is 5.07. The molecular weight excluding hydrogens is 992 g/mol. The van der Waals surface area contributed by atoms with E-state index in [-0.39, 0.29) is 292 Å². The minimum absolute atomic E-state index is 0. The van der Waals surface area contributed by atoms with Crippen LogP contribution in [-0.2, 0) is 5.41 Å². The van der Waals surface area contributed by atoms with Crippen molar-refractivity contribution in [2.45, 2.75) is 35.4 Å². The SMILES string of the molecule is CC(C)(C)c1nn(-c2nc(Nc3cc(C(=O)[O-])cc(C(=O)[O-])c3)nc(Nc3cc(C(=O)[O-])cc(C(=O)[O-])c3)n2)c(N)c1N=Nc1nnc(Sc2ccccc2C(=O)[O-])s1.[K+].[K+].[K+].[K+].[Na+]. The van der Waals surface area contributed by atoms with Gasteiger partial charge in [0.1, 0.15) is 0 Å². The Hall–Kier alpha value is -0.315. The smallest absolute Gasteiger partial charge is 0.545 e. The summed E-state index contributed by atoms with van der Waals surface area (Å²) >= 11 is 2.02. The summed E-state index contributed by atoms with van der Waals surface area (Å²) in [6.45, 7) is 5.37. The van der Waals surface area contributed by atoms with E-state index in [1.54, 1.807) is 39.0 Å². The standard InChI is InChI=1S/C35H28N12O10S2.4K.Na/c1-35(2,3)23-22(42-43-33-44-45-34(59-33)58-21-7-5-4-6-20(21)29(56)57)24(36)47(46-23)32-40-30(37-18-10-14(25(48)49)8-15(11-18)26(50)51)39-31(41-32)38-19-12-16(27(52)53)9-17(13-19)28(54)55;;;;;/h4-13H,36H2,1-3H3,(H,48,49)(H,50,51)(H,52,53)(H,54,55)(H,56,57)(H2,37,38,39,40,41);;;;;/q;5*+1/p-5. The molecule has 0 unspecified atom stereocenters. The zero-order chi connectivity index (χ0) is 42.8. The Balaban J connectivity index is 0.00000410. The van der Waals surface area contributed by atoms with Crippen LogP contribution in [0, 0.1) is 0 Å². The monoisotopic (exact) mass is 1010 g/mol.